The van der Waals surface area contributed by atoms with E-state index in [1.807, 2.05) is 20.8 Å². The van der Waals surface area contributed by atoms with Gasteiger partial charge >= 0.3 is 0 Å². The quantitative estimate of drug-likeness (QED) is 0.421. The van der Waals surface area contributed by atoms with Crippen molar-refractivity contribution in [3.63, 3.8) is 0 Å². The number of hydrogen-bond donors (Lipinski definition) is 3. The number of ether oxygens (including phenoxy) is 1. The minimum Gasteiger partial charge on any atom is -0.394 e. The smallest absolute Gasteiger partial charge is 0.245 e. The molecule has 0 saturated carbocycles. The normalized spacial score (nSPS) is 32.5. The van der Waals surface area contributed by atoms with Crippen molar-refractivity contribution in [2.24, 2.45) is 17.8 Å². The molecular weight excluding hydrogens is 398 g/mol. The number of nitrogens with one attached hydrogen (secondary N) is 2. The van der Waals surface area contributed by atoms with Gasteiger partial charge in [0.2, 0.25) is 17.7 Å². The van der Waals surface area contributed by atoms with Crippen LogP contribution >= 0.6 is 0 Å². The molecule has 8 nitrogen and oxygen atoms in total. The molecule has 0 radical (unpaired) electrons. The summed E-state index contributed by atoms with van der Waals surface area (Å²) in [6.45, 7) is 8.80. The SMILES string of the molecule is CCCCCNC(=O)C1N([C@@H](CO)C(C)C)C(=O)[C@@H]2[C@@H](C(=O)NCCC)[C@H]3CCC12O3. The van der Waals surface area contributed by atoms with Gasteiger partial charge in [-0.1, -0.05) is 40.5 Å². The highest BCUT2D eigenvalue weighted by atomic mass is 16.5. The van der Waals surface area contributed by atoms with Crippen LogP contribution in [-0.2, 0) is 19.1 Å². The Balaban J connectivity index is 1.94. The van der Waals surface area contributed by atoms with E-state index >= 15 is 0 Å². The van der Waals surface area contributed by atoms with Crippen LogP contribution in [0.25, 0.3) is 0 Å². The number of rotatable bonds is 11. The van der Waals surface area contributed by atoms with E-state index in [1.54, 1.807) is 4.90 Å². The highest BCUT2D eigenvalue weighted by Crippen LogP contribution is 2.58. The summed E-state index contributed by atoms with van der Waals surface area (Å²) in [7, 11) is 0. The number of aliphatic hydroxyl groups excluding tert-OH is 1. The molecule has 6 atom stereocenters. The van der Waals surface area contributed by atoms with Gasteiger partial charge in [0.05, 0.1) is 30.6 Å². The first kappa shape index (κ1) is 24.0. The molecule has 3 fully saturated rings. The molecule has 0 aromatic heterocycles. The molecule has 31 heavy (non-hydrogen) atoms. The Bertz CT molecular complexity index is 684. The zero-order valence-corrected chi connectivity index (χ0v) is 19.4. The van der Waals surface area contributed by atoms with Crippen molar-refractivity contribution in [1.29, 1.82) is 0 Å². The summed E-state index contributed by atoms with van der Waals surface area (Å²) in [6, 6.07) is -1.32. The van der Waals surface area contributed by atoms with Gasteiger partial charge in [-0.05, 0) is 31.6 Å². The zero-order valence-electron chi connectivity index (χ0n) is 19.4. The van der Waals surface area contributed by atoms with Gasteiger partial charge in [-0.2, -0.15) is 0 Å². The number of nitrogens with zero attached hydrogens (tertiary/aromatic N) is 1. The summed E-state index contributed by atoms with van der Waals surface area (Å²) in [4.78, 5) is 41.7. The van der Waals surface area contributed by atoms with E-state index in [-0.39, 0.29) is 36.4 Å². The lowest BCUT2D eigenvalue weighted by Crippen LogP contribution is -2.59. The summed E-state index contributed by atoms with van der Waals surface area (Å²) in [5.74, 6) is -1.94. The average molecular weight is 438 g/mol. The second-order valence-corrected chi connectivity index (χ2v) is 9.58. The predicted octanol–water partition coefficient (Wildman–Crippen LogP) is 1.21. The van der Waals surface area contributed by atoms with Crippen LogP contribution in [0.4, 0.5) is 0 Å². The number of hydrogen-bond acceptors (Lipinski definition) is 5. The van der Waals surface area contributed by atoms with E-state index in [0.29, 0.717) is 25.9 Å². The van der Waals surface area contributed by atoms with Crippen LogP contribution in [0.5, 0.6) is 0 Å². The molecule has 0 aromatic carbocycles. The first-order valence-corrected chi connectivity index (χ1v) is 12.0. The Hall–Kier alpha value is -1.67. The maximum absolute atomic E-state index is 13.7. The largest absolute Gasteiger partial charge is 0.394 e. The fraction of sp³-hybridized carbons (Fsp3) is 0.870. The second-order valence-electron chi connectivity index (χ2n) is 9.58. The maximum Gasteiger partial charge on any atom is 0.245 e. The van der Waals surface area contributed by atoms with Gasteiger partial charge in [-0.15, -0.1) is 0 Å². The molecule has 8 heteroatoms. The number of likely N-dealkylation sites (tertiary alicyclic amines) is 1. The van der Waals surface area contributed by atoms with E-state index in [2.05, 4.69) is 17.6 Å². The van der Waals surface area contributed by atoms with E-state index in [1.165, 1.54) is 0 Å². The fourth-order valence-electron chi connectivity index (χ4n) is 5.72. The van der Waals surface area contributed by atoms with Crippen LogP contribution in [0, 0.1) is 17.8 Å². The van der Waals surface area contributed by atoms with Crippen LogP contribution in [0.3, 0.4) is 0 Å². The number of carbonyl (C=O) groups excluding carboxylic acids is 3. The van der Waals surface area contributed by atoms with Gasteiger partial charge in [0.15, 0.2) is 0 Å². The van der Waals surface area contributed by atoms with Crippen LogP contribution in [0.15, 0.2) is 0 Å². The highest BCUT2D eigenvalue weighted by molar-refractivity contribution is 5.99. The van der Waals surface area contributed by atoms with Gasteiger partial charge in [0.25, 0.3) is 0 Å². The Morgan fingerprint density at radius 1 is 1.16 bits per heavy atom. The number of unbranched alkanes of at least 4 members (excludes halogenated alkanes) is 2. The van der Waals surface area contributed by atoms with Crippen LogP contribution in [0.1, 0.15) is 66.2 Å². The third kappa shape index (κ3) is 4.09. The van der Waals surface area contributed by atoms with E-state index in [0.717, 1.165) is 25.7 Å². The third-order valence-corrected chi connectivity index (χ3v) is 7.23. The predicted molar refractivity (Wildman–Crippen MR) is 116 cm³/mol. The van der Waals surface area contributed by atoms with Crippen molar-refractivity contribution in [2.75, 3.05) is 19.7 Å². The van der Waals surface area contributed by atoms with Gasteiger partial charge in [-0.3, -0.25) is 14.4 Å². The number of carbonyl (C=O) groups is 3. The summed E-state index contributed by atoms with van der Waals surface area (Å²) in [5.41, 5.74) is -0.993. The molecule has 3 aliphatic rings. The minimum absolute atomic E-state index is 0.0378. The van der Waals surface area contributed by atoms with Gasteiger partial charge in [0, 0.05) is 13.1 Å². The first-order valence-electron chi connectivity index (χ1n) is 12.0. The molecule has 3 heterocycles. The van der Waals surface area contributed by atoms with E-state index in [9.17, 15) is 19.5 Å². The fourth-order valence-corrected chi connectivity index (χ4v) is 5.72. The average Bonchev–Trinajstić information content (AvgIpc) is 3.37. The Kier molecular flexibility index (Phi) is 7.63. The molecule has 3 amide bonds. The molecular formula is C23H39N3O5. The highest BCUT2D eigenvalue weighted by Gasteiger charge is 2.75. The number of fused-ring (bicyclic) bond motifs is 1. The van der Waals surface area contributed by atoms with Gasteiger partial charge in [0.1, 0.15) is 11.6 Å². The van der Waals surface area contributed by atoms with Crippen molar-refractivity contribution in [1.82, 2.24) is 15.5 Å². The van der Waals surface area contributed by atoms with E-state index in [4.69, 9.17) is 4.74 Å². The molecule has 0 aliphatic carbocycles. The summed E-state index contributed by atoms with van der Waals surface area (Å²) in [6.07, 6.45) is 4.65. The number of aliphatic hydroxyl groups is 1. The van der Waals surface area contributed by atoms with Gasteiger partial charge < -0.3 is 25.4 Å². The molecule has 2 bridgehead atoms. The molecule has 3 rings (SSSR count). The molecule has 1 spiro atoms. The van der Waals surface area contributed by atoms with Crippen molar-refractivity contribution >= 4 is 17.7 Å². The lowest BCUT2D eigenvalue weighted by atomic mass is 9.70. The minimum atomic E-state index is -0.993. The summed E-state index contributed by atoms with van der Waals surface area (Å²) in [5, 5.41) is 16.0. The Morgan fingerprint density at radius 2 is 1.87 bits per heavy atom. The first-order chi connectivity index (χ1) is 14.8. The molecule has 176 valence electrons. The second kappa shape index (κ2) is 9.86. The van der Waals surface area contributed by atoms with Crippen molar-refractivity contribution in [3.8, 4) is 0 Å². The summed E-state index contributed by atoms with van der Waals surface area (Å²) < 4.78 is 6.37. The summed E-state index contributed by atoms with van der Waals surface area (Å²) >= 11 is 0. The molecule has 0 aromatic rings. The Labute approximate surface area is 185 Å². The van der Waals surface area contributed by atoms with Crippen molar-refractivity contribution in [3.05, 3.63) is 0 Å². The van der Waals surface area contributed by atoms with Crippen LogP contribution < -0.4 is 10.6 Å². The monoisotopic (exact) mass is 437 g/mol. The third-order valence-electron chi connectivity index (χ3n) is 7.23. The van der Waals surface area contributed by atoms with Crippen LogP contribution in [-0.4, -0.2) is 71.2 Å². The molecule has 2 unspecified atom stereocenters. The topological polar surface area (TPSA) is 108 Å². The number of amides is 3. The lowest BCUT2D eigenvalue weighted by molar-refractivity contribution is -0.146. The molecule has 3 aliphatic heterocycles. The van der Waals surface area contributed by atoms with Crippen LogP contribution in [0.2, 0.25) is 0 Å². The van der Waals surface area contributed by atoms with Gasteiger partial charge in [-0.25, -0.2) is 0 Å². The molecule has 3 saturated heterocycles. The zero-order chi connectivity index (χ0) is 22.8. The Morgan fingerprint density at radius 3 is 2.48 bits per heavy atom. The maximum atomic E-state index is 13.7. The van der Waals surface area contributed by atoms with Crippen molar-refractivity contribution in [2.45, 2.75) is 90.0 Å². The van der Waals surface area contributed by atoms with Crippen molar-refractivity contribution < 1.29 is 24.2 Å². The standard InChI is InChI=1S/C23H39N3O5/c1-5-7-8-12-25-21(29)19-23-10-9-16(31-23)17(20(28)24-11-6-2)18(23)22(30)26(19)15(13-27)14(3)4/h14-19,27H,5-13H2,1-4H3,(H,24,28)(H,25,29)/t15-,16+,17-,18-,19?,23?/m0/s1. The molecule has 3 N–H and O–H groups in total. The van der Waals surface area contributed by atoms with E-state index < -0.39 is 29.5 Å². The lowest BCUT2D eigenvalue weighted by Gasteiger charge is -2.38.